The van der Waals surface area contributed by atoms with Gasteiger partial charge in [0.25, 0.3) is 5.56 Å². The van der Waals surface area contributed by atoms with Crippen LogP contribution in [0.15, 0.2) is 35.3 Å². The smallest absolute Gasteiger partial charge is 0.255 e. The van der Waals surface area contributed by atoms with Crippen LogP contribution >= 0.6 is 0 Å². The molecule has 1 heterocycles. The van der Waals surface area contributed by atoms with Gasteiger partial charge in [0, 0.05) is 17.4 Å². The topological polar surface area (TPSA) is 58.9 Å². The maximum Gasteiger partial charge on any atom is 0.255 e. The van der Waals surface area contributed by atoms with Gasteiger partial charge in [0.2, 0.25) is 0 Å². The van der Waals surface area contributed by atoms with Crippen molar-refractivity contribution < 1.29 is 0 Å². The van der Waals surface area contributed by atoms with Gasteiger partial charge in [0.05, 0.1) is 0 Å². The monoisotopic (exact) mass is 214 g/mol. The van der Waals surface area contributed by atoms with Crippen molar-refractivity contribution in [1.29, 1.82) is 0 Å². The molecule has 3 N–H and O–H groups in total. The van der Waals surface area contributed by atoms with E-state index in [1.807, 2.05) is 32.0 Å². The van der Waals surface area contributed by atoms with E-state index in [-0.39, 0.29) is 5.56 Å². The second-order valence-electron chi connectivity index (χ2n) is 3.97. The molecule has 1 aromatic heterocycles. The van der Waals surface area contributed by atoms with Crippen LogP contribution in [-0.2, 0) is 0 Å². The molecule has 0 aliphatic carbocycles. The van der Waals surface area contributed by atoms with Crippen LogP contribution in [-0.4, -0.2) is 4.98 Å². The molecule has 2 rings (SSSR count). The highest BCUT2D eigenvalue weighted by Gasteiger charge is 2.04. The van der Waals surface area contributed by atoms with Crippen molar-refractivity contribution in [3.05, 3.63) is 51.9 Å². The van der Waals surface area contributed by atoms with E-state index in [0.29, 0.717) is 11.3 Å². The van der Waals surface area contributed by atoms with Crippen LogP contribution in [0.1, 0.15) is 11.1 Å². The van der Waals surface area contributed by atoms with E-state index >= 15 is 0 Å². The number of hydrogen-bond donors (Lipinski definition) is 2. The molecule has 0 amide bonds. The highest BCUT2D eigenvalue weighted by molar-refractivity contribution is 5.66. The third kappa shape index (κ3) is 1.84. The number of nitrogens with two attached hydrogens (primary N) is 1. The first kappa shape index (κ1) is 10.5. The van der Waals surface area contributed by atoms with Gasteiger partial charge in [-0.25, -0.2) is 0 Å². The fourth-order valence-electron chi connectivity index (χ4n) is 1.62. The number of benzene rings is 1. The van der Waals surface area contributed by atoms with Gasteiger partial charge in [-0.15, -0.1) is 0 Å². The Labute approximate surface area is 93.9 Å². The average Bonchev–Trinajstić information content (AvgIpc) is 2.26. The molecule has 0 saturated heterocycles. The van der Waals surface area contributed by atoms with Crippen molar-refractivity contribution in [2.45, 2.75) is 13.8 Å². The summed E-state index contributed by atoms with van der Waals surface area (Å²) in [7, 11) is 0. The van der Waals surface area contributed by atoms with Crippen LogP contribution < -0.4 is 11.3 Å². The zero-order chi connectivity index (χ0) is 11.7. The van der Waals surface area contributed by atoms with Crippen LogP contribution in [0.3, 0.4) is 0 Å². The number of hydrogen-bond acceptors (Lipinski definition) is 2. The molecule has 0 radical (unpaired) electrons. The molecule has 0 aliphatic rings. The minimum absolute atomic E-state index is 0.113. The highest BCUT2D eigenvalue weighted by Crippen LogP contribution is 2.20. The number of aromatic amines is 1. The fourth-order valence-corrected chi connectivity index (χ4v) is 1.62. The molecule has 0 fully saturated rings. The Morgan fingerprint density at radius 2 is 1.88 bits per heavy atom. The van der Waals surface area contributed by atoms with Crippen molar-refractivity contribution in [3.63, 3.8) is 0 Å². The predicted octanol–water partition coefficient (Wildman–Crippen LogP) is 2.24. The predicted molar refractivity (Wildman–Crippen MR) is 66.4 cm³/mol. The first-order valence-corrected chi connectivity index (χ1v) is 5.14. The quantitative estimate of drug-likeness (QED) is 0.764. The van der Waals surface area contributed by atoms with Crippen LogP contribution in [0.25, 0.3) is 11.1 Å². The number of rotatable bonds is 1. The standard InChI is InChI=1S/C13H14N2O/c1-8-3-4-10(5-9(8)2)12-6-11(14)7-15-13(12)16/h3-7H,14H2,1-2H3,(H,15,16). The second-order valence-corrected chi connectivity index (χ2v) is 3.97. The lowest BCUT2D eigenvalue weighted by Gasteiger charge is -2.05. The molecule has 3 heteroatoms. The van der Waals surface area contributed by atoms with Crippen LogP contribution in [0.2, 0.25) is 0 Å². The van der Waals surface area contributed by atoms with E-state index in [1.165, 1.54) is 17.3 Å². The summed E-state index contributed by atoms with van der Waals surface area (Å²) in [5.74, 6) is 0. The minimum atomic E-state index is -0.113. The normalized spacial score (nSPS) is 10.4. The summed E-state index contributed by atoms with van der Waals surface area (Å²) in [6, 6.07) is 7.64. The number of nitrogens with one attached hydrogen (secondary N) is 1. The third-order valence-electron chi connectivity index (χ3n) is 2.74. The van der Waals surface area contributed by atoms with Gasteiger partial charge in [-0.1, -0.05) is 18.2 Å². The van der Waals surface area contributed by atoms with Crippen LogP contribution in [0.5, 0.6) is 0 Å². The molecule has 3 nitrogen and oxygen atoms in total. The van der Waals surface area contributed by atoms with Crippen LogP contribution in [0, 0.1) is 13.8 Å². The van der Waals surface area contributed by atoms with Gasteiger partial charge in [-0.3, -0.25) is 4.79 Å². The van der Waals surface area contributed by atoms with E-state index < -0.39 is 0 Å². The van der Waals surface area contributed by atoms with E-state index in [4.69, 9.17) is 5.73 Å². The average molecular weight is 214 g/mol. The van der Waals surface area contributed by atoms with Gasteiger partial charge in [0.1, 0.15) is 0 Å². The van der Waals surface area contributed by atoms with Crippen molar-refractivity contribution in [2.75, 3.05) is 5.73 Å². The zero-order valence-electron chi connectivity index (χ0n) is 9.37. The van der Waals surface area contributed by atoms with Gasteiger partial charge in [-0.05, 0) is 36.6 Å². The first-order chi connectivity index (χ1) is 7.58. The Morgan fingerprint density at radius 3 is 2.56 bits per heavy atom. The lowest BCUT2D eigenvalue weighted by molar-refractivity contribution is 1.24. The number of aromatic nitrogens is 1. The Kier molecular flexibility index (Phi) is 2.52. The van der Waals surface area contributed by atoms with E-state index in [1.54, 1.807) is 6.07 Å². The molecular formula is C13H14N2O. The third-order valence-corrected chi connectivity index (χ3v) is 2.74. The SMILES string of the molecule is Cc1ccc(-c2cc(N)c[nH]c2=O)cc1C. The molecule has 16 heavy (non-hydrogen) atoms. The number of pyridine rings is 1. The van der Waals surface area contributed by atoms with Crippen molar-refractivity contribution in [1.82, 2.24) is 4.98 Å². The Balaban J connectivity index is 2.63. The summed E-state index contributed by atoms with van der Waals surface area (Å²) < 4.78 is 0. The summed E-state index contributed by atoms with van der Waals surface area (Å²) in [5.41, 5.74) is 10.0. The number of anilines is 1. The van der Waals surface area contributed by atoms with Crippen molar-refractivity contribution >= 4 is 5.69 Å². The second kappa shape index (κ2) is 3.85. The van der Waals surface area contributed by atoms with E-state index in [9.17, 15) is 4.79 Å². The summed E-state index contributed by atoms with van der Waals surface area (Å²) in [6.07, 6.45) is 1.51. The van der Waals surface area contributed by atoms with Gasteiger partial charge in [0.15, 0.2) is 0 Å². The zero-order valence-corrected chi connectivity index (χ0v) is 9.37. The molecular weight excluding hydrogens is 200 g/mol. The largest absolute Gasteiger partial charge is 0.398 e. The lowest BCUT2D eigenvalue weighted by atomic mass is 10.0. The molecule has 0 spiro atoms. The molecule has 0 atom stereocenters. The van der Waals surface area contributed by atoms with Gasteiger partial charge in [-0.2, -0.15) is 0 Å². The van der Waals surface area contributed by atoms with E-state index in [2.05, 4.69) is 4.98 Å². The molecule has 0 aliphatic heterocycles. The summed E-state index contributed by atoms with van der Waals surface area (Å²) in [6.45, 7) is 4.07. The van der Waals surface area contributed by atoms with Crippen molar-refractivity contribution in [2.24, 2.45) is 0 Å². The van der Waals surface area contributed by atoms with Gasteiger partial charge >= 0.3 is 0 Å². The number of nitrogen functional groups attached to an aromatic ring is 1. The van der Waals surface area contributed by atoms with E-state index in [0.717, 1.165) is 5.56 Å². The first-order valence-electron chi connectivity index (χ1n) is 5.14. The summed E-state index contributed by atoms with van der Waals surface area (Å²) >= 11 is 0. The Bertz CT molecular complexity index is 585. The summed E-state index contributed by atoms with van der Waals surface area (Å²) in [5, 5.41) is 0. The highest BCUT2D eigenvalue weighted by atomic mass is 16.1. The minimum Gasteiger partial charge on any atom is -0.398 e. The molecule has 82 valence electrons. The Hall–Kier alpha value is -2.03. The molecule has 1 aromatic carbocycles. The van der Waals surface area contributed by atoms with Gasteiger partial charge < -0.3 is 10.7 Å². The number of H-pyrrole nitrogens is 1. The molecule has 0 bridgehead atoms. The summed E-state index contributed by atoms with van der Waals surface area (Å²) in [4.78, 5) is 14.3. The molecule has 0 saturated carbocycles. The maximum absolute atomic E-state index is 11.7. The molecule has 0 unspecified atom stereocenters. The lowest BCUT2D eigenvalue weighted by Crippen LogP contribution is -2.09. The number of aryl methyl sites for hydroxylation is 2. The van der Waals surface area contributed by atoms with Crippen LogP contribution in [0.4, 0.5) is 5.69 Å². The Morgan fingerprint density at radius 1 is 1.12 bits per heavy atom. The maximum atomic E-state index is 11.7. The fraction of sp³-hybridized carbons (Fsp3) is 0.154. The molecule has 2 aromatic rings. The van der Waals surface area contributed by atoms with Crippen molar-refractivity contribution in [3.8, 4) is 11.1 Å².